The van der Waals surface area contributed by atoms with E-state index in [1.807, 2.05) is 13.8 Å². The Morgan fingerprint density at radius 3 is 2.70 bits per heavy atom. The molecule has 1 aromatic carbocycles. The number of halogens is 1. The molecule has 20 heavy (non-hydrogen) atoms. The Balaban J connectivity index is 2.04. The van der Waals surface area contributed by atoms with Gasteiger partial charge >= 0.3 is 0 Å². The summed E-state index contributed by atoms with van der Waals surface area (Å²) in [5.41, 5.74) is 1.26. The first-order valence-corrected chi connectivity index (χ1v) is 6.75. The molecule has 0 saturated carbocycles. The van der Waals surface area contributed by atoms with Gasteiger partial charge in [-0.05, 0) is 44.5 Å². The van der Waals surface area contributed by atoms with Gasteiger partial charge in [0.2, 0.25) is 11.8 Å². The Morgan fingerprint density at radius 1 is 1.45 bits per heavy atom. The van der Waals surface area contributed by atoms with Crippen LogP contribution in [0, 0.1) is 18.7 Å². The standard InChI is InChI=1S/C15H19FN2O2/c1-9(2)18-8-11(7-14(18)19)15(20)17-13-5-4-12(16)6-10(13)3/h4-6,9,11H,7-8H2,1-3H3,(H,17,20)/t11-/m0/s1. The SMILES string of the molecule is Cc1cc(F)ccc1NC(=O)[C@H]1CC(=O)N(C(C)C)C1. The minimum atomic E-state index is -0.339. The number of nitrogens with one attached hydrogen (secondary N) is 1. The van der Waals surface area contributed by atoms with Crippen LogP contribution in [0.1, 0.15) is 25.8 Å². The van der Waals surface area contributed by atoms with Crippen LogP contribution >= 0.6 is 0 Å². The molecular weight excluding hydrogens is 259 g/mol. The van der Waals surface area contributed by atoms with Gasteiger partial charge in [0.15, 0.2) is 0 Å². The number of likely N-dealkylation sites (tertiary alicyclic amines) is 1. The van der Waals surface area contributed by atoms with Crippen molar-refractivity contribution in [2.75, 3.05) is 11.9 Å². The largest absolute Gasteiger partial charge is 0.339 e. The van der Waals surface area contributed by atoms with Crippen molar-refractivity contribution in [1.82, 2.24) is 4.90 Å². The number of benzene rings is 1. The molecule has 1 aliphatic heterocycles. The van der Waals surface area contributed by atoms with Gasteiger partial charge in [-0.2, -0.15) is 0 Å². The van der Waals surface area contributed by atoms with E-state index in [2.05, 4.69) is 5.32 Å². The number of amides is 2. The summed E-state index contributed by atoms with van der Waals surface area (Å²) in [4.78, 5) is 25.7. The number of carbonyl (C=O) groups is 2. The Kier molecular flexibility index (Phi) is 4.06. The summed E-state index contributed by atoms with van der Waals surface area (Å²) in [5.74, 6) is -0.843. The Labute approximate surface area is 118 Å². The highest BCUT2D eigenvalue weighted by atomic mass is 19.1. The molecule has 2 rings (SSSR count). The second-order valence-corrected chi connectivity index (χ2v) is 5.49. The quantitative estimate of drug-likeness (QED) is 0.922. The third kappa shape index (κ3) is 2.98. The van der Waals surface area contributed by atoms with Crippen LogP contribution in [0.5, 0.6) is 0 Å². The fourth-order valence-electron chi connectivity index (χ4n) is 2.41. The molecule has 2 amide bonds. The highest BCUT2D eigenvalue weighted by Gasteiger charge is 2.35. The van der Waals surface area contributed by atoms with E-state index >= 15 is 0 Å². The minimum absolute atomic E-state index is 0.0102. The lowest BCUT2D eigenvalue weighted by Crippen LogP contribution is -2.33. The molecule has 0 spiro atoms. The van der Waals surface area contributed by atoms with Crippen LogP contribution in [-0.2, 0) is 9.59 Å². The zero-order valence-electron chi connectivity index (χ0n) is 11.9. The van der Waals surface area contributed by atoms with E-state index in [-0.39, 0.29) is 36.0 Å². The van der Waals surface area contributed by atoms with Crippen LogP contribution in [0.2, 0.25) is 0 Å². The molecule has 1 aromatic rings. The van der Waals surface area contributed by atoms with Crippen molar-refractivity contribution in [3.63, 3.8) is 0 Å². The Hall–Kier alpha value is -1.91. The number of rotatable bonds is 3. The van der Waals surface area contributed by atoms with Gasteiger partial charge in [-0.15, -0.1) is 0 Å². The zero-order valence-corrected chi connectivity index (χ0v) is 11.9. The lowest BCUT2D eigenvalue weighted by Gasteiger charge is -2.20. The van der Waals surface area contributed by atoms with Crippen LogP contribution in [0.15, 0.2) is 18.2 Å². The van der Waals surface area contributed by atoms with E-state index in [9.17, 15) is 14.0 Å². The predicted octanol–water partition coefficient (Wildman–Crippen LogP) is 2.33. The van der Waals surface area contributed by atoms with E-state index in [0.29, 0.717) is 17.8 Å². The molecule has 0 aromatic heterocycles. The van der Waals surface area contributed by atoms with Crippen LogP contribution in [0.25, 0.3) is 0 Å². The van der Waals surface area contributed by atoms with E-state index in [0.717, 1.165) is 0 Å². The molecule has 0 radical (unpaired) electrons. The first-order chi connectivity index (χ1) is 9.38. The highest BCUT2D eigenvalue weighted by Crippen LogP contribution is 2.23. The number of anilines is 1. The fraction of sp³-hybridized carbons (Fsp3) is 0.467. The molecule has 1 aliphatic rings. The molecule has 1 N–H and O–H groups in total. The molecule has 1 fully saturated rings. The number of hydrogen-bond donors (Lipinski definition) is 1. The normalized spacial score (nSPS) is 18.8. The second-order valence-electron chi connectivity index (χ2n) is 5.49. The van der Waals surface area contributed by atoms with Crippen LogP contribution < -0.4 is 5.32 Å². The average molecular weight is 278 g/mol. The van der Waals surface area contributed by atoms with Gasteiger partial charge in [-0.3, -0.25) is 9.59 Å². The first kappa shape index (κ1) is 14.5. The summed E-state index contributed by atoms with van der Waals surface area (Å²) in [6.07, 6.45) is 0.240. The Morgan fingerprint density at radius 2 is 2.15 bits per heavy atom. The van der Waals surface area contributed by atoms with Gasteiger partial charge in [-0.1, -0.05) is 0 Å². The summed E-state index contributed by atoms with van der Waals surface area (Å²) >= 11 is 0. The summed E-state index contributed by atoms with van der Waals surface area (Å²) < 4.78 is 13.0. The second kappa shape index (κ2) is 5.61. The van der Waals surface area contributed by atoms with Gasteiger partial charge in [0.25, 0.3) is 0 Å². The molecular formula is C15H19FN2O2. The third-order valence-electron chi connectivity index (χ3n) is 3.60. The van der Waals surface area contributed by atoms with E-state index in [4.69, 9.17) is 0 Å². The maximum atomic E-state index is 13.0. The number of hydrogen-bond acceptors (Lipinski definition) is 2. The lowest BCUT2D eigenvalue weighted by molar-refractivity contribution is -0.129. The topological polar surface area (TPSA) is 49.4 Å². The Bertz CT molecular complexity index is 543. The maximum Gasteiger partial charge on any atom is 0.229 e. The smallest absolute Gasteiger partial charge is 0.229 e. The summed E-state index contributed by atoms with van der Waals surface area (Å²) in [7, 11) is 0. The fourth-order valence-corrected chi connectivity index (χ4v) is 2.41. The van der Waals surface area contributed by atoms with Gasteiger partial charge < -0.3 is 10.2 Å². The monoisotopic (exact) mass is 278 g/mol. The van der Waals surface area contributed by atoms with Crippen LogP contribution in [0.3, 0.4) is 0 Å². The zero-order chi connectivity index (χ0) is 14.9. The van der Waals surface area contributed by atoms with E-state index in [1.54, 1.807) is 17.9 Å². The van der Waals surface area contributed by atoms with Crippen molar-refractivity contribution in [1.29, 1.82) is 0 Å². The average Bonchev–Trinajstić information content (AvgIpc) is 2.75. The molecule has 5 heteroatoms. The molecule has 108 valence electrons. The number of carbonyl (C=O) groups excluding carboxylic acids is 2. The summed E-state index contributed by atoms with van der Waals surface area (Å²) in [6, 6.07) is 4.32. The molecule has 1 heterocycles. The van der Waals surface area contributed by atoms with Crippen molar-refractivity contribution < 1.29 is 14.0 Å². The summed E-state index contributed by atoms with van der Waals surface area (Å²) in [6.45, 7) is 6.05. The minimum Gasteiger partial charge on any atom is -0.339 e. The highest BCUT2D eigenvalue weighted by molar-refractivity contribution is 5.97. The van der Waals surface area contributed by atoms with Crippen molar-refractivity contribution in [3.8, 4) is 0 Å². The van der Waals surface area contributed by atoms with Gasteiger partial charge in [0, 0.05) is 24.7 Å². The third-order valence-corrected chi connectivity index (χ3v) is 3.60. The van der Waals surface area contributed by atoms with Crippen molar-refractivity contribution in [3.05, 3.63) is 29.6 Å². The van der Waals surface area contributed by atoms with Gasteiger partial charge in [-0.25, -0.2) is 4.39 Å². The van der Waals surface area contributed by atoms with Gasteiger partial charge in [0.05, 0.1) is 5.92 Å². The number of nitrogens with zero attached hydrogens (tertiary/aromatic N) is 1. The number of aryl methyl sites for hydroxylation is 1. The molecule has 1 saturated heterocycles. The van der Waals surface area contributed by atoms with Crippen molar-refractivity contribution in [2.24, 2.45) is 5.92 Å². The van der Waals surface area contributed by atoms with Crippen LogP contribution in [0.4, 0.5) is 10.1 Å². The van der Waals surface area contributed by atoms with Gasteiger partial charge in [0.1, 0.15) is 5.82 Å². The van der Waals surface area contributed by atoms with E-state index < -0.39 is 0 Å². The first-order valence-electron chi connectivity index (χ1n) is 6.75. The molecule has 0 bridgehead atoms. The van der Waals surface area contributed by atoms with E-state index in [1.165, 1.54) is 12.1 Å². The predicted molar refractivity (Wildman–Crippen MR) is 74.7 cm³/mol. The molecule has 0 aliphatic carbocycles. The lowest BCUT2D eigenvalue weighted by atomic mass is 10.1. The molecule has 0 unspecified atom stereocenters. The van der Waals surface area contributed by atoms with Crippen LogP contribution in [-0.4, -0.2) is 29.3 Å². The molecule has 1 atom stereocenters. The maximum absolute atomic E-state index is 13.0. The van der Waals surface area contributed by atoms with Crippen molar-refractivity contribution in [2.45, 2.75) is 33.2 Å². The molecule has 4 nitrogen and oxygen atoms in total. The van der Waals surface area contributed by atoms with Crippen molar-refractivity contribution >= 4 is 17.5 Å². The summed E-state index contributed by atoms with van der Waals surface area (Å²) in [5, 5.41) is 2.77.